The van der Waals surface area contributed by atoms with Crippen molar-refractivity contribution in [2.24, 2.45) is 5.73 Å². The fraction of sp³-hybridized carbons (Fsp3) is 0.294. The number of para-hydroxylation sites is 2. The topological polar surface area (TPSA) is 49.5 Å². The second-order valence-electron chi connectivity index (χ2n) is 5.07. The van der Waals surface area contributed by atoms with Gasteiger partial charge >= 0.3 is 0 Å². The van der Waals surface area contributed by atoms with Gasteiger partial charge in [-0.25, -0.2) is 0 Å². The Balaban J connectivity index is 2.45. The van der Waals surface area contributed by atoms with E-state index >= 15 is 0 Å². The van der Waals surface area contributed by atoms with Crippen LogP contribution in [-0.2, 0) is 0 Å². The van der Waals surface area contributed by atoms with Crippen LogP contribution in [0.3, 0.4) is 0 Å². The maximum atomic E-state index is 9.97. The summed E-state index contributed by atoms with van der Waals surface area (Å²) in [6.45, 7) is 4.91. The summed E-state index contributed by atoms with van der Waals surface area (Å²) < 4.78 is 0. The molecule has 0 amide bonds. The molecule has 2 aromatic carbocycles. The van der Waals surface area contributed by atoms with Crippen molar-refractivity contribution in [3.63, 3.8) is 0 Å². The number of rotatable bonds is 5. The van der Waals surface area contributed by atoms with Gasteiger partial charge in [-0.3, -0.25) is 0 Å². The van der Waals surface area contributed by atoms with Gasteiger partial charge in [-0.05, 0) is 37.1 Å². The molecule has 2 rings (SSSR count). The Morgan fingerprint density at radius 2 is 1.40 bits per heavy atom. The van der Waals surface area contributed by atoms with Gasteiger partial charge in [0.2, 0.25) is 0 Å². The zero-order chi connectivity index (χ0) is 14.5. The summed E-state index contributed by atoms with van der Waals surface area (Å²) >= 11 is 0. The van der Waals surface area contributed by atoms with Crippen LogP contribution in [0.2, 0.25) is 0 Å². The first-order valence-electron chi connectivity index (χ1n) is 6.90. The van der Waals surface area contributed by atoms with Crippen LogP contribution in [-0.4, -0.2) is 24.3 Å². The van der Waals surface area contributed by atoms with Crippen LogP contribution in [0.1, 0.15) is 11.1 Å². The van der Waals surface area contributed by atoms with Gasteiger partial charge in [0.25, 0.3) is 0 Å². The SMILES string of the molecule is Cc1ccccc1N(C[C@H](O)CN)c1ccccc1C. The first-order chi connectivity index (χ1) is 9.63. The van der Waals surface area contributed by atoms with E-state index in [1.165, 1.54) is 11.1 Å². The molecule has 0 bridgehead atoms. The van der Waals surface area contributed by atoms with Crippen LogP contribution in [0.15, 0.2) is 48.5 Å². The largest absolute Gasteiger partial charge is 0.390 e. The molecule has 0 radical (unpaired) electrons. The van der Waals surface area contributed by atoms with E-state index in [9.17, 15) is 5.11 Å². The Morgan fingerprint density at radius 3 is 1.80 bits per heavy atom. The summed E-state index contributed by atoms with van der Waals surface area (Å²) in [6, 6.07) is 16.4. The van der Waals surface area contributed by atoms with Gasteiger partial charge in [0, 0.05) is 17.9 Å². The molecule has 0 aliphatic heterocycles. The molecule has 3 N–H and O–H groups in total. The molecular formula is C17H22N2O. The van der Waals surface area contributed by atoms with Crippen molar-refractivity contribution in [2.75, 3.05) is 18.0 Å². The molecule has 0 aliphatic carbocycles. The number of hydrogen-bond donors (Lipinski definition) is 2. The van der Waals surface area contributed by atoms with E-state index in [-0.39, 0.29) is 6.54 Å². The highest BCUT2D eigenvalue weighted by Gasteiger charge is 2.16. The van der Waals surface area contributed by atoms with Crippen molar-refractivity contribution >= 4 is 11.4 Å². The number of aryl methyl sites for hydroxylation is 2. The fourth-order valence-corrected chi connectivity index (χ4v) is 2.34. The van der Waals surface area contributed by atoms with E-state index in [0.717, 1.165) is 11.4 Å². The maximum Gasteiger partial charge on any atom is 0.0841 e. The van der Waals surface area contributed by atoms with Crippen molar-refractivity contribution in [3.05, 3.63) is 59.7 Å². The highest BCUT2D eigenvalue weighted by atomic mass is 16.3. The number of benzene rings is 2. The summed E-state index contributed by atoms with van der Waals surface area (Å²) in [7, 11) is 0. The second kappa shape index (κ2) is 6.55. The summed E-state index contributed by atoms with van der Waals surface area (Å²) in [5.41, 5.74) is 10.1. The average molecular weight is 270 g/mol. The lowest BCUT2D eigenvalue weighted by atomic mass is 10.1. The molecule has 0 saturated carbocycles. The van der Waals surface area contributed by atoms with Gasteiger partial charge in [-0.2, -0.15) is 0 Å². The van der Waals surface area contributed by atoms with Gasteiger partial charge in [0.15, 0.2) is 0 Å². The van der Waals surface area contributed by atoms with Crippen molar-refractivity contribution in [1.29, 1.82) is 0 Å². The van der Waals surface area contributed by atoms with Crippen LogP contribution in [0.4, 0.5) is 11.4 Å². The maximum absolute atomic E-state index is 9.97. The number of hydrogen-bond acceptors (Lipinski definition) is 3. The number of aliphatic hydroxyl groups is 1. The van der Waals surface area contributed by atoms with Gasteiger partial charge in [0.1, 0.15) is 0 Å². The quantitative estimate of drug-likeness (QED) is 0.878. The monoisotopic (exact) mass is 270 g/mol. The normalized spacial score (nSPS) is 12.2. The summed E-state index contributed by atoms with van der Waals surface area (Å²) in [5.74, 6) is 0. The number of nitrogens with two attached hydrogens (primary N) is 1. The van der Waals surface area contributed by atoms with E-state index in [1.54, 1.807) is 0 Å². The van der Waals surface area contributed by atoms with Gasteiger partial charge in [-0.1, -0.05) is 36.4 Å². The highest BCUT2D eigenvalue weighted by molar-refractivity contribution is 5.68. The summed E-state index contributed by atoms with van der Waals surface area (Å²) in [4.78, 5) is 2.14. The minimum Gasteiger partial charge on any atom is -0.390 e. The lowest BCUT2D eigenvalue weighted by molar-refractivity contribution is 0.191. The Bertz CT molecular complexity index is 523. The molecule has 0 aliphatic rings. The average Bonchev–Trinajstić information content (AvgIpc) is 2.46. The Hall–Kier alpha value is -1.84. The number of anilines is 2. The van der Waals surface area contributed by atoms with Crippen LogP contribution < -0.4 is 10.6 Å². The molecule has 3 nitrogen and oxygen atoms in total. The highest BCUT2D eigenvalue weighted by Crippen LogP contribution is 2.30. The van der Waals surface area contributed by atoms with E-state index < -0.39 is 6.10 Å². The number of nitrogens with zero attached hydrogens (tertiary/aromatic N) is 1. The smallest absolute Gasteiger partial charge is 0.0841 e. The lowest BCUT2D eigenvalue weighted by Crippen LogP contribution is -2.34. The lowest BCUT2D eigenvalue weighted by Gasteiger charge is -2.29. The van der Waals surface area contributed by atoms with E-state index in [0.29, 0.717) is 6.54 Å². The van der Waals surface area contributed by atoms with E-state index in [4.69, 9.17) is 5.73 Å². The van der Waals surface area contributed by atoms with Gasteiger partial charge < -0.3 is 15.7 Å². The third-order valence-electron chi connectivity index (χ3n) is 3.48. The first-order valence-corrected chi connectivity index (χ1v) is 6.90. The fourth-order valence-electron chi connectivity index (χ4n) is 2.34. The molecule has 2 aromatic rings. The molecule has 106 valence electrons. The van der Waals surface area contributed by atoms with Crippen LogP contribution in [0.5, 0.6) is 0 Å². The first kappa shape index (κ1) is 14.6. The Morgan fingerprint density at radius 1 is 0.950 bits per heavy atom. The van der Waals surface area contributed by atoms with E-state index in [1.807, 2.05) is 24.3 Å². The molecule has 3 heteroatoms. The molecule has 20 heavy (non-hydrogen) atoms. The summed E-state index contributed by atoms with van der Waals surface area (Å²) in [6.07, 6.45) is -0.547. The summed E-state index contributed by atoms with van der Waals surface area (Å²) in [5, 5.41) is 9.97. The van der Waals surface area contributed by atoms with Crippen molar-refractivity contribution < 1.29 is 5.11 Å². The predicted molar refractivity (Wildman–Crippen MR) is 84.4 cm³/mol. The predicted octanol–water partition coefficient (Wildman–Crippen LogP) is 2.76. The van der Waals surface area contributed by atoms with Crippen molar-refractivity contribution in [1.82, 2.24) is 0 Å². The Kier molecular flexibility index (Phi) is 4.77. The van der Waals surface area contributed by atoms with Crippen LogP contribution in [0.25, 0.3) is 0 Å². The molecule has 1 atom stereocenters. The van der Waals surface area contributed by atoms with Crippen LogP contribution in [0, 0.1) is 13.8 Å². The Labute approximate surface area is 120 Å². The molecule has 0 unspecified atom stereocenters. The number of aliphatic hydroxyl groups excluding tert-OH is 1. The molecule has 0 aromatic heterocycles. The minimum atomic E-state index is -0.547. The van der Waals surface area contributed by atoms with Crippen molar-refractivity contribution in [2.45, 2.75) is 20.0 Å². The van der Waals surface area contributed by atoms with Gasteiger partial charge in [0.05, 0.1) is 12.6 Å². The molecular weight excluding hydrogens is 248 g/mol. The molecule has 0 spiro atoms. The van der Waals surface area contributed by atoms with Crippen molar-refractivity contribution in [3.8, 4) is 0 Å². The van der Waals surface area contributed by atoms with Crippen LogP contribution >= 0.6 is 0 Å². The standard InChI is InChI=1S/C17H22N2O/c1-13-7-3-5-9-16(13)19(12-15(20)11-18)17-10-6-4-8-14(17)2/h3-10,15,20H,11-12,18H2,1-2H3/t15-/m1/s1. The third-order valence-corrected chi connectivity index (χ3v) is 3.48. The third kappa shape index (κ3) is 3.18. The molecule has 0 saturated heterocycles. The zero-order valence-corrected chi connectivity index (χ0v) is 12.1. The molecule has 0 fully saturated rings. The zero-order valence-electron chi connectivity index (χ0n) is 12.1. The second-order valence-corrected chi connectivity index (χ2v) is 5.07. The minimum absolute atomic E-state index is 0.258. The van der Waals surface area contributed by atoms with E-state index in [2.05, 4.69) is 43.0 Å². The van der Waals surface area contributed by atoms with Gasteiger partial charge in [-0.15, -0.1) is 0 Å². The molecule has 0 heterocycles.